The standard InChI is InChI=1S/C15H18N2/c16-11-13-5-3-4-12-10-14(6-7-15(12)13)17-8-1-2-9-17/h1-2,6-10,13H,3-5,11,16H2. The second-order valence-corrected chi connectivity index (χ2v) is 4.80. The Morgan fingerprint density at radius 1 is 1.24 bits per heavy atom. The Bertz CT molecular complexity index is 500. The molecule has 2 heteroatoms. The Balaban J connectivity index is 2.02. The fourth-order valence-electron chi connectivity index (χ4n) is 2.81. The number of aryl methyl sites for hydroxylation is 1. The number of hydrogen-bond acceptors (Lipinski definition) is 1. The van der Waals surface area contributed by atoms with E-state index in [0.29, 0.717) is 5.92 Å². The van der Waals surface area contributed by atoms with E-state index in [1.807, 2.05) is 0 Å². The van der Waals surface area contributed by atoms with Crippen LogP contribution < -0.4 is 5.73 Å². The zero-order chi connectivity index (χ0) is 11.7. The summed E-state index contributed by atoms with van der Waals surface area (Å²) in [7, 11) is 0. The first-order chi connectivity index (χ1) is 8.38. The predicted molar refractivity (Wildman–Crippen MR) is 70.5 cm³/mol. The third kappa shape index (κ3) is 1.89. The molecule has 1 heterocycles. The third-order valence-electron chi connectivity index (χ3n) is 3.75. The minimum Gasteiger partial charge on any atom is -0.330 e. The molecule has 88 valence electrons. The molecule has 0 saturated heterocycles. The van der Waals surface area contributed by atoms with Gasteiger partial charge in [-0.05, 0) is 67.1 Å². The topological polar surface area (TPSA) is 30.9 Å². The Morgan fingerprint density at radius 2 is 2.06 bits per heavy atom. The smallest absolute Gasteiger partial charge is 0.0452 e. The van der Waals surface area contributed by atoms with Crippen LogP contribution >= 0.6 is 0 Å². The summed E-state index contributed by atoms with van der Waals surface area (Å²) in [6, 6.07) is 10.9. The summed E-state index contributed by atoms with van der Waals surface area (Å²) in [6.45, 7) is 0.774. The summed E-state index contributed by atoms with van der Waals surface area (Å²) in [4.78, 5) is 0. The molecule has 0 aliphatic heterocycles. The largest absolute Gasteiger partial charge is 0.330 e. The van der Waals surface area contributed by atoms with Gasteiger partial charge in [-0.15, -0.1) is 0 Å². The zero-order valence-electron chi connectivity index (χ0n) is 9.97. The van der Waals surface area contributed by atoms with Crippen LogP contribution in [-0.2, 0) is 6.42 Å². The highest BCUT2D eigenvalue weighted by Crippen LogP contribution is 2.32. The van der Waals surface area contributed by atoms with E-state index in [4.69, 9.17) is 5.73 Å². The lowest BCUT2D eigenvalue weighted by molar-refractivity contribution is 0.560. The van der Waals surface area contributed by atoms with Crippen molar-refractivity contribution in [1.82, 2.24) is 4.57 Å². The Hall–Kier alpha value is -1.54. The molecule has 1 aromatic carbocycles. The molecule has 0 fully saturated rings. The van der Waals surface area contributed by atoms with Crippen molar-refractivity contribution < 1.29 is 0 Å². The molecule has 1 unspecified atom stereocenters. The quantitative estimate of drug-likeness (QED) is 0.838. The van der Waals surface area contributed by atoms with E-state index >= 15 is 0 Å². The van der Waals surface area contributed by atoms with Gasteiger partial charge < -0.3 is 10.3 Å². The molecule has 0 radical (unpaired) electrons. The highest BCUT2D eigenvalue weighted by atomic mass is 14.9. The number of hydrogen-bond donors (Lipinski definition) is 1. The van der Waals surface area contributed by atoms with E-state index in [1.165, 1.54) is 36.1 Å². The van der Waals surface area contributed by atoms with Crippen LogP contribution in [0.5, 0.6) is 0 Å². The number of rotatable bonds is 2. The maximum atomic E-state index is 5.85. The molecular weight excluding hydrogens is 208 g/mol. The van der Waals surface area contributed by atoms with Crippen LogP contribution in [0.2, 0.25) is 0 Å². The fraction of sp³-hybridized carbons (Fsp3) is 0.333. The van der Waals surface area contributed by atoms with Crippen LogP contribution in [-0.4, -0.2) is 11.1 Å². The Kier molecular flexibility index (Phi) is 2.73. The first kappa shape index (κ1) is 10.6. The number of benzene rings is 1. The molecule has 0 saturated carbocycles. The van der Waals surface area contributed by atoms with Gasteiger partial charge in [-0.3, -0.25) is 0 Å². The first-order valence-corrected chi connectivity index (χ1v) is 6.35. The summed E-state index contributed by atoms with van der Waals surface area (Å²) in [5.41, 5.74) is 10.1. The Morgan fingerprint density at radius 3 is 2.82 bits per heavy atom. The number of aromatic nitrogens is 1. The van der Waals surface area contributed by atoms with Gasteiger partial charge >= 0.3 is 0 Å². The molecule has 1 aliphatic carbocycles. The van der Waals surface area contributed by atoms with Crippen LogP contribution in [0.1, 0.15) is 29.9 Å². The van der Waals surface area contributed by atoms with Crippen LogP contribution in [0.3, 0.4) is 0 Å². The van der Waals surface area contributed by atoms with Crippen molar-refractivity contribution in [3.05, 3.63) is 53.9 Å². The van der Waals surface area contributed by atoms with Crippen LogP contribution in [0.15, 0.2) is 42.7 Å². The van der Waals surface area contributed by atoms with Crippen molar-refractivity contribution >= 4 is 0 Å². The van der Waals surface area contributed by atoms with Gasteiger partial charge in [0.15, 0.2) is 0 Å². The molecule has 0 spiro atoms. The predicted octanol–water partition coefficient (Wildman–Crippen LogP) is 2.86. The summed E-state index contributed by atoms with van der Waals surface area (Å²) in [6.07, 6.45) is 7.88. The molecular formula is C15H18N2. The lowest BCUT2D eigenvalue weighted by Crippen LogP contribution is -2.18. The van der Waals surface area contributed by atoms with Gasteiger partial charge in [0.2, 0.25) is 0 Å². The van der Waals surface area contributed by atoms with Crippen molar-refractivity contribution in [2.45, 2.75) is 25.2 Å². The van der Waals surface area contributed by atoms with Crippen molar-refractivity contribution in [2.24, 2.45) is 5.73 Å². The summed E-state index contributed by atoms with van der Waals surface area (Å²) < 4.78 is 2.16. The van der Waals surface area contributed by atoms with Crippen molar-refractivity contribution in [3.8, 4) is 5.69 Å². The second kappa shape index (κ2) is 4.38. The minimum absolute atomic E-state index is 0.567. The summed E-state index contributed by atoms with van der Waals surface area (Å²) >= 11 is 0. The van der Waals surface area contributed by atoms with Gasteiger partial charge in [0.05, 0.1) is 0 Å². The minimum atomic E-state index is 0.567. The molecule has 0 amide bonds. The van der Waals surface area contributed by atoms with E-state index in [-0.39, 0.29) is 0 Å². The van der Waals surface area contributed by atoms with E-state index in [1.54, 1.807) is 0 Å². The summed E-state index contributed by atoms with van der Waals surface area (Å²) in [5, 5.41) is 0. The van der Waals surface area contributed by atoms with E-state index in [2.05, 4.69) is 47.3 Å². The molecule has 2 N–H and O–H groups in total. The molecule has 17 heavy (non-hydrogen) atoms. The molecule has 2 aromatic rings. The van der Waals surface area contributed by atoms with Gasteiger partial charge in [-0.2, -0.15) is 0 Å². The van der Waals surface area contributed by atoms with Crippen molar-refractivity contribution in [3.63, 3.8) is 0 Å². The van der Waals surface area contributed by atoms with Crippen molar-refractivity contribution in [1.29, 1.82) is 0 Å². The average Bonchev–Trinajstić information content (AvgIpc) is 2.91. The lowest BCUT2D eigenvalue weighted by Gasteiger charge is -2.25. The number of nitrogens with two attached hydrogens (primary N) is 1. The van der Waals surface area contributed by atoms with Crippen LogP contribution in [0.25, 0.3) is 5.69 Å². The highest BCUT2D eigenvalue weighted by Gasteiger charge is 2.18. The first-order valence-electron chi connectivity index (χ1n) is 6.35. The van der Waals surface area contributed by atoms with Crippen LogP contribution in [0, 0.1) is 0 Å². The maximum absolute atomic E-state index is 5.85. The van der Waals surface area contributed by atoms with E-state index < -0.39 is 0 Å². The van der Waals surface area contributed by atoms with E-state index in [0.717, 1.165) is 6.54 Å². The third-order valence-corrected chi connectivity index (χ3v) is 3.75. The van der Waals surface area contributed by atoms with Gasteiger partial charge in [0, 0.05) is 18.1 Å². The zero-order valence-corrected chi connectivity index (χ0v) is 9.97. The number of nitrogens with zero attached hydrogens (tertiary/aromatic N) is 1. The number of fused-ring (bicyclic) bond motifs is 1. The normalized spacial score (nSPS) is 19.0. The maximum Gasteiger partial charge on any atom is 0.0452 e. The summed E-state index contributed by atoms with van der Waals surface area (Å²) in [5.74, 6) is 0.567. The van der Waals surface area contributed by atoms with Gasteiger partial charge in [0.1, 0.15) is 0 Å². The second-order valence-electron chi connectivity index (χ2n) is 4.80. The molecule has 2 nitrogen and oxygen atoms in total. The highest BCUT2D eigenvalue weighted by molar-refractivity contribution is 5.43. The van der Waals surface area contributed by atoms with Crippen molar-refractivity contribution in [2.75, 3.05) is 6.54 Å². The Labute approximate surface area is 102 Å². The molecule has 3 rings (SSSR count). The molecule has 0 bridgehead atoms. The molecule has 1 aliphatic rings. The van der Waals surface area contributed by atoms with Gasteiger partial charge in [0.25, 0.3) is 0 Å². The van der Waals surface area contributed by atoms with Gasteiger partial charge in [-0.25, -0.2) is 0 Å². The molecule has 1 aromatic heterocycles. The average molecular weight is 226 g/mol. The fourth-order valence-corrected chi connectivity index (χ4v) is 2.81. The monoisotopic (exact) mass is 226 g/mol. The van der Waals surface area contributed by atoms with Gasteiger partial charge in [-0.1, -0.05) is 6.07 Å². The van der Waals surface area contributed by atoms with Crippen LogP contribution in [0.4, 0.5) is 0 Å². The SMILES string of the molecule is NCC1CCCc2cc(-n3cccc3)ccc21. The van der Waals surface area contributed by atoms with E-state index in [9.17, 15) is 0 Å². The lowest BCUT2D eigenvalue weighted by atomic mass is 9.82. The molecule has 1 atom stereocenters.